The highest BCUT2D eigenvalue weighted by Gasteiger charge is 2.23. The van der Waals surface area contributed by atoms with Crippen molar-refractivity contribution in [1.29, 1.82) is 0 Å². The quantitative estimate of drug-likeness (QED) is 0.374. The number of aliphatic hydroxyl groups excluding tert-OH is 1. The summed E-state index contributed by atoms with van der Waals surface area (Å²) in [5.74, 6) is 2.85. The molecule has 0 aromatic heterocycles. The molecule has 8 nitrogen and oxygen atoms in total. The van der Waals surface area contributed by atoms with E-state index in [1.54, 1.807) is 7.11 Å². The predicted molar refractivity (Wildman–Crippen MR) is 127 cm³/mol. The van der Waals surface area contributed by atoms with Gasteiger partial charge in [-0.15, -0.1) is 0 Å². The van der Waals surface area contributed by atoms with Gasteiger partial charge in [-0.2, -0.15) is 0 Å². The molecule has 1 unspecified atom stereocenters. The Kier molecular flexibility index (Phi) is 9.65. The van der Waals surface area contributed by atoms with Gasteiger partial charge in [0.05, 0.1) is 19.4 Å². The Hall–Kier alpha value is -2.97. The zero-order valence-corrected chi connectivity index (χ0v) is 19.4. The molecule has 0 saturated heterocycles. The second-order valence-electron chi connectivity index (χ2n) is 7.86. The predicted octanol–water partition coefficient (Wildman–Crippen LogP) is 3.17. The number of carbonyl (C=O) groups is 1. The summed E-state index contributed by atoms with van der Waals surface area (Å²) in [5, 5.41) is 16.4. The van der Waals surface area contributed by atoms with Crippen LogP contribution in [-0.4, -0.2) is 57.1 Å². The number of benzene rings is 2. The third-order valence-electron chi connectivity index (χ3n) is 5.27. The van der Waals surface area contributed by atoms with E-state index in [4.69, 9.17) is 18.9 Å². The second kappa shape index (κ2) is 12.9. The molecular formula is C25H34N2O6. The molecule has 1 amide bonds. The third-order valence-corrected chi connectivity index (χ3v) is 5.27. The summed E-state index contributed by atoms with van der Waals surface area (Å²) in [7, 11) is 1.62. The number of fused-ring (bicyclic) bond motifs is 1. The maximum atomic E-state index is 11.9. The van der Waals surface area contributed by atoms with Crippen molar-refractivity contribution in [3.05, 3.63) is 42.0 Å². The van der Waals surface area contributed by atoms with Crippen LogP contribution in [0, 0.1) is 0 Å². The van der Waals surface area contributed by atoms with Crippen LogP contribution in [0.15, 0.2) is 36.4 Å². The van der Waals surface area contributed by atoms with Gasteiger partial charge in [-0.1, -0.05) is 13.3 Å². The Bertz CT molecular complexity index is 887. The van der Waals surface area contributed by atoms with E-state index in [9.17, 15) is 9.90 Å². The van der Waals surface area contributed by atoms with Crippen molar-refractivity contribution in [1.82, 2.24) is 5.32 Å². The maximum Gasteiger partial charge on any atom is 0.224 e. The maximum absolute atomic E-state index is 11.9. The van der Waals surface area contributed by atoms with Crippen LogP contribution in [0.4, 0.5) is 5.69 Å². The normalized spacial score (nSPS) is 13.6. The van der Waals surface area contributed by atoms with Gasteiger partial charge in [0.15, 0.2) is 0 Å². The first-order valence-electron chi connectivity index (χ1n) is 11.5. The second-order valence-corrected chi connectivity index (χ2v) is 7.86. The smallest absolute Gasteiger partial charge is 0.224 e. The van der Waals surface area contributed by atoms with Crippen LogP contribution < -0.4 is 29.6 Å². The van der Waals surface area contributed by atoms with Crippen LogP contribution in [-0.2, 0) is 11.2 Å². The first-order valence-corrected chi connectivity index (χ1v) is 11.5. The van der Waals surface area contributed by atoms with Crippen LogP contribution in [0.2, 0.25) is 0 Å². The highest BCUT2D eigenvalue weighted by molar-refractivity contribution is 5.96. The zero-order chi connectivity index (χ0) is 23.5. The molecule has 3 rings (SSSR count). The van der Waals surface area contributed by atoms with E-state index in [2.05, 4.69) is 17.6 Å². The number of ether oxygens (including phenoxy) is 4. The van der Waals surface area contributed by atoms with E-state index < -0.39 is 6.10 Å². The fourth-order valence-electron chi connectivity index (χ4n) is 3.44. The molecule has 1 atom stereocenters. The summed E-state index contributed by atoms with van der Waals surface area (Å²) in [6.07, 6.45) is 2.29. The van der Waals surface area contributed by atoms with Crippen molar-refractivity contribution in [2.45, 2.75) is 38.7 Å². The van der Waals surface area contributed by atoms with E-state index in [1.807, 2.05) is 36.4 Å². The van der Waals surface area contributed by atoms with Gasteiger partial charge >= 0.3 is 0 Å². The Balaban J connectivity index is 1.43. The molecule has 1 heterocycles. The minimum atomic E-state index is -0.680. The molecule has 0 bridgehead atoms. The number of methoxy groups -OCH3 is 1. The first kappa shape index (κ1) is 24.7. The Labute approximate surface area is 195 Å². The van der Waals surface area contributed by atoms with Crippen LogP contribution >= 0.6 is 0 Å². The average molecular weight is 459 g/mol. The van der Waals surface area contributed by atoms with Gasteiger partial charge in [-0.25, -0.2) is 0 Å². The Morgan fingerprint density at radius 3 is 2.52 bits per heavy atom. The largest absolute Gasteiger partial charge is 0.497 e. The topological polar surface area (TPSA) is 98.3 Å². The van der Waals surface area contributed by atoms with Crippen molar-refractivity contribution in [2.75, 3.05) is 45.3 Å². The number of nitrogens with one attached hydrogen (secondary N) is 2. The van der Waals surface area contributed by atoms with E-state index in [0.717, 1.165) is 29.9 Å². The number of amides is 1. The van der Waals surface area contributed by atoms with Gasteiger partial charge in [-0.3, -0.25) is 4.79 Å². The van der Waals surface area contributed by atoms with E-state index in [0.29, 0.717) is 56.3 Å². The van der Waals surface area contributed by atoms with Gasteiger partial charge in [-0.05, 0) is 49.2 Å². The van der Waals surface area contributed by atoms with Crippen LogP contribution in [0.25, 0.3) is 0 Å². The highest BCUT2D eigenvalue weighted by atomic mass is 16.5. The summed E-state index contributed by atoms with van der Waals surface area (Å²) in [4.78, 5) is 11.9. The van der Waals surface area contributed by atoms with Crippen LogP contribution in [0.3, 0.4) is 0 Å². The molecule has 0 fully saturated rings. The summed E-state index contributed by atoms with van der Waals surface area (Å²) in [6, 6.07) is 11.1. The number of aliphatic hydroxyl groups is 1. The molecule has 180 valence electrons. The van der Waals surface area contributed by atoms with E-state index in [-0.39, 0.29) is 12.5 Å². The number of hydrogen-bond donors (Lipinski definition) is 3. The summed E-state index contributed by atoms with van der Waals surface area (Å²) >= 11 is 0. The van der Waals surface area contributed by atoms with Gasteiger partial charge in [0.2, 0.25) is 5.91 Å². The van der Waals surface area contributed by atoms with Crippen LogP contribution in [0.5, 0.6) is 23.0 Å². The lowest BCUT2D eigenvalue weighted by atomic mass is 10.0. The SMILES string of the molecule is CCCCOc1ccc(OCC(O)CNCCOc2ccc(OC)cc2)c2c1NC(=O)CC2. The molecule has 0 aliphatic carbocycles. The number of anilines is 1. The fourth-order valence-corrected chi connectivity index (χ4v) is 3.44. The molecule has 3 N–H and O–H groups in total. The van der Waals surface area contributed by atoms with Gasteiger partial charge in [0.1, 0.15) is 42.3 Å². The summed E-state index contributed by atoms with van der Waals surface area (Å²) in [6.45, 7) is 4.30. The van der Waals surface area contributed by atoms with E-state index >= 15 is 0 Å². The molecule has 33 heavy (non-hydrogen) atoms. The van der Waals surface area contributed by atoms with Crippen molar-refractivity contribution in [2.24, 2.45) is 0 Å². The molecule has 0 saturated carbocycles. The van der Waals surface area contributed by atoms with E-state index in [1.165, 1.54) is 0 Å². The molecule has 1 aliphatic heterocycles. The first-order chi connectivity index (χ1) is 16.1. The molecule has 2 aromatic carbocycles. The zero-order valence-electron chi connectivity index (χ0n) is 19.4. The lowest BCUT2D eigenvalue weighted by Gasteiger charge is -2.23. The van der Waals surface area contributed by atoms with Crippen molar-refractivity contribution in [3.8, 4) is 23.0 Å². The standard InChI is InChI=1S/C25H34N2O6/c1-3-4-14-32-23-11-10-22(21-9-12-24(29)27-25(21)23)33-17-18(28)16-26-13-15-31-20-7-5-19(30-2)6-8-20/h5-8,10-11,18,26,28H,3-4,9,12-17H2,1-2H3,(H,27,29). The molecule has 0 spiro atoms. The summed E-state index contributed by atoms with van der Waals surface area (Å²) in [5.41, 5.74) is 1.60. The number of hydrogen-bond acceptors (Lipinski definition) is 7. The number of unbranched alkanes of at least 4 members (excludes halogenated alkanes) is 1. The monoisotopic (exact) mass is 458 g/mol. The number of rotatable bonds is 14. The van der Waals surface area contributed by atoms with Gasteiger partial charge < -0.3 is 34.7 Å². The molecule has 2 aromatic rings. The molecule has 0 radical (unpaired) electrons. The number of carbonyl (C=O) groups excluding carboxylic acids is 1. The van der Waals surface area contributed by atoms with Gasteiger partial charge in [0, 0.05) is 25.1 Å². The molecular weight excluding hydrogens is 424 g/mol. The lowest BCUT2D eigenvalue weighted by molar-refractivity contribution is -0.116. The van der Waals surface area contributed by atoms with Crippen molar-refractivity contribution < 1.29 is 28.8 Å². The minimum Gasteiger partial charge on any atom is -0.497 e. The fraction of sp³-hybridized carbons (Fsp3) is 0.480. The Morgan fingerprint density at radius 2 is 1.76 bits per heavy atom. The molecule has 8 heteroatoms. The highest BCUT2D eigenvalue weighted by Crippen LogP contribution is 2.39. The minimum absolute atomic E-state index is 0.0268. The Morgan fingerprint density at radius 1 is 1.00 bits per heavy atom. The third kappa shape index (κ3) is 7.54. The average Bonchev–Trinajstić information content (AvgIpc) is 2.83. The van der Waals surface area contributed by atoms with Gasteiger partial charge in [0.25, 0.3) is 0 Å². The lowest BCUT2D eigenvalue weighted by Crippen LogP contribution is -2.33. The van der Waals surface area contributed by atoms with Crippen molar-refractivity contribution in [3.63, 3.8) is 0 Å². The molecule has 1 aliphatic rings. The summed E-state index contributed by atoms with van der Waals surface area (Å²) < 4.78 is 22.5. The van der Waals surface area contributed by atoms with Crippen molar-refractivity contribution >= 4 is 11.6 Å². The van der Waals surface area contributed by atoms with Crippen LogP contribution in [0.1, 0.15) is 31.7 Å².